The van der Waals surface area contributed by atoms with Crippen LogP contribution in [0.5, 0.6) is 0 Å². The molecule has 3 rings (SSSR count). The SMILES string of the molecule is O=C(CC1CC2CCC1C2)Nc1ccc(Br)c(F)c1. The summed E-state index contributed by atoms with van der Waals surface area (Å²) in [5.41, 5.74) is 0.536. The summed E-state index contributed by atoms with van der Waals surface area (Å²) in [4.78, 5) is 12.0. The lowest BCUT2D eigenvalue weighted by molar-refractivity contribution is -0.117. The number of rotatable bonds is 3. The minimum absolute atomic E-state index is 0.0132. The van der Waals surface area contributed by atoms with Crippen molar-refractivity contribution >= 4 is 27.5 Å². The summed E-state index contributed by atoms with van der Waals surface area (Å²) < 4.78 is 13.8. The number of fused-ring (bicyclic) bond motifs is 2. The van der Waals surface area contributed by atoms with E-state index in [1.54, 1.807) is 12.1 Å². The van der Waals surface area contributed by atoms with Crippen LogP contribution in [0.4, 0.5) is 10.1 Å². The Labute approximate surface area is 120 Å². The van der Waals surface area contributed by atoms with E-state index < -0.39 is 0 Å². The third-order valence-electron chi connectivity index (χ3n) is 4.54. The maximum Gasteiger partial charge on any atom is 0.224 e. The maximum absolute atomic E-state index is 13.4. The lowest BCUT2D eigenvalue weighted by atomic mass is 9.86. The molecule has 4 heteroatoms. The predicted molar refractivity (Wildman–Crippen MR) is 76.3 cm³/mol. The molecular weight excluding hydrogens is 309 g/mol. The lowest BCUT2D eigenvalue weighted by Crippen LogP contribution is -2.20. The molecule has 2 fully saturated rings. The number of hydrogen-bond donors (Lipinski definition) is 1. The fraction of sp³-hybridized carbons (Fsp3) is 0.533. The summed E-state index contributed by atoms with van der Waals surface area (Å²) in [6.07, 6.45) is 5.73. The van der Waals surface area contributed by atoms with E-state index >= 15 is 0 Å². The third kappa shape index (κ3) is 2.83. The van der Waals surface area contributed by atoms with Gasteiger partial charge in [-0.05, 0) is 71.1 Å². The topological polar surface area (TPSA) is 29.1 Å². The van der Waals surface area contributed by atoms with Crippen molar-refractivity contribution in [1.82, 2.24) is 0 Å². The van der Waals surface area contributed by atoms with Gasteiger partial charge in [0, 0.05) is 12.1 Å². The van der Waals surface area contributed by atoms with Crippen molar-refractivity contribution in [3.8, 4) is 0 Å². The molecule has 2 bridgehead atoms. The molecule has 1 amide bonds. The number of carbonyl (C=O) groups excluding carboxylic acids is 1. The van der Waals surface area contributed by atoms with Gasteiger partial charge in [0.15, 0.2) is 0 Å². The van der Waals surface area contributed by atoms with Gasteiger partial charge in [0.05, 0.1) is 4.47 Å². The van der Waals surface area contributed by atoms with Crippen LogP contribution in [0, 0.1) is 23.6 Å². The fourth-order valence-electron chi connectivity index (χ4n) is 3.65. The van der Waals surface area contributed by atoms with Gasteiger partial charge in [-0.25, -0.2) is 4.39 Å². The minimum atomic E-state index is -0.349. The standard InChI is InChI=1S/C15H17BrFNO/c16-13-4-3-12(8-14(13)17)18-15(19)7-11-6-9-1-2-10(11)5-9/h3-4,8-11H,1-2,5-7H2,(H,18,19). The van der Waals surface area contributed by atoms with E-state index in [0.29, 0.717) is 22.5 Å². The van der Waals surface area contributed by atoms with Crippen molar-refractivity contribution in [2.24, 2.45) is 17.8 Å². The molecular formula is C15H17BrFNO. The van der Waals surface area contributed by atoms with Crippen LogP contribution in [0.25, 0.3) is 0 Å². The van der Waals surface area contributed by atoms with Crippen LogP contribution in [-0.4, -0.2) is 5.91 Å². The van der Waals surface area contributed by atoms with Crippen molar-refractivity contribution < 1.29 is 9.18 Å². The molecule has 2 aliphatic rings. The van der Waals surface area contributed by atoms with Crippen LogP contribution in [0.1, 0.15) is 32.1 Å². The Balaban J connectivity index is 1.57. The molecule has 2 aliphatic carbocycles. The summed E-state index contributed by atoms with van der Waals surface area (Å²) >= 11 is 3.10. The first-order valence-electron chi connectivity index (χ1n) is 6.86. The van der Waals surface area contributed by atoms with Crippen LogP contribution in [0.2, 0.25) is 0 Å². The number of hydrogen-bond acceptors (Lipinski definition) is 1. The zero-order valence-corrected chi connectivity index (χ0v) is 12.2. The average molecular weight is 326 g/mol. The Morgan fingerprint density at radius 1 is 1.37 bits per heavy atom. The molecule has 0 saturated heterocycles. The van der Waals surface area contributed by atoms with Gasteiger partial charge in [0.2, 0.25) is 5.91 Å². The van der Waals surface area contributed by atoms with Crippen molar-refractivity contribution in [2.75, 3.05) is 5.32 Å². The molecule has 19 heavy (non-hydrogen) atoms. The minimum Gasteiger partial charge on any atom is -0.326 e. The second-order valence-electron chi connectivity index (χ2n) is 5.82. The van der Waals surface area contributed by atoms with E-state index in [1.807, 2.05) is 0 Å². The van der Waals surface area contributed by atoms with Gasteiger partial charge in [-0.1, -0.05) is 6.42 Å². The Morgan fingerprint density at radius 3 is 2.84 bits per heavy atom. The van der Waals surface area contributed by atoms with Crippen molar-refractivity contribution in [3.05, 3.63) is 28.5 Å². The second-order valence-corrected chi connectivity index (χ2v) is 6.67. The first-order valence-corrected chi connectivity index (χ1v) is 7.66. The van der Waals surface area contributed by atoms with Crippen LogP contribution < -0.4 is 5.32 Å². The lowest BCUT2D eigenvalue weighted by Gasteiger charge is -2.20. The summed E-state index contributed by atoms with van der Waals surface area (Å²) in [5, 5.41) is 2.80. The zero-order valence-electron chi connectivity index (χ0n) is 10.7. The largest absolute Gasteiger partial charge is 0.326 e. The number of benzene rings is 1. The summed E-state index contributed by atoms with van der Waals surface area (Å²) in [7, 11) is 0. The van der Waals surface area contributed by atoms with Gasteiger partial charge in [-0.2, -0.15) is 0 Å². The second kappa shape index (κ2) is 5.23. The number of anilines is 1. The van der Waals surface area contributed by atoms with Crippen LogP contribution in [-0.2, 0) is 4.79 Å². The van der Waals surface area contributed by atoms with Crippen LogP contribution in [0.3, 0.4) is 0 Å². The number of amides is 1. The molecule has 0 aromatic heterocycles. The molecule has 3 unspecified atom stereocenters. The number of halogens is 2. The molecule has 2 nitrogen and oxygen atoms in total. The zero-order chi connectivity index (χ0) is 13.4. The quantitative estimate of drug-likeness (QED) is 0.879. The highest BCUT2D eigenvalue weighted by Crippen LogP contribution is 2.49. The van der Waals surface area contributed by atoms with E-state index in [1.165, 1.54) is 31.7 Å². The number of carbonyl (C=O) groups is 1. The Morgan fingerprint density at radius 2 is 2.21 bits per heavy atom. The van der Waals surface area contributed by atoms with E-state index in [4.69, 9.17) is 0 Å². The first-order chi connectivity index (χ1) is 9.11. The Hall–Kier alpha value is -0.900. The van der Waals surface area contributed by atoms with Crippen molar-refractivity contribution in [1.29, 1.82) is 0 Å². The smallest absolute Gasteiger partial charge is 0.224 e. The van der Waals surface area contributed by atoms with Crippen molar-refractivity contribution in [3.63, 3.8) is 0 Å². The van der Waals surface area contributed by atoms with Gasteiger partial charge in [-0.3, -0.25) is 4.79 Å². The summed E-state index contributed by atoms with van der Waals surface area (Å²) in [6.45, 7) is 0. The molecule has 0 spiro atoms. The average Bonchev–Trinajstić information content (AvgIpc) is 2.96. The summed E-state index contributed by atoms with van der Waals surface area (Å²) in [5.74, 6) is 1.81. The van der Waals surface area contributed by atoms with Gasteiger partial charge >= 0.3 is 0 Å². The molecule has 3 atom stereocenters. The van der Waals surface area contributed by atoms with Crippen LogP contribution >= 0.6 is 15.9 Å². The summed E-state index contributed by atoms with van der Waals surface area (Å²) in [6, 6.07) is 4.68. The fourth-order valence-corrected chi connectivity index (χ4v) is 3.90. The molecule has 102 valence electrons. The molecule has 1 aromatic rings. The van der Waals surface area contributed by atoms with Gasteiger partial charge in [-0.15, -0.1) is 0 Å². The highest BCUT2D eigenvalue weighted by atomic mass is 79.9. The molecule has 0 heterocycles. The van der Waals surface area contributed by atoms with Gasteiger partial charge < -0.3 is 5.32 Å². The van der Waals surface area contributed by atoms with Gasteiger partial charge in [0.25, 0.3) is 0 Å². The highest BCUT2D eigenvalue weighted by molar-refractivity contribution is 9.10. The highest BCUT2D eigenvalue weighted by Gasteiger charge is 2.40. The van der Waals surface area contributed by atoms with E-state index in [-0.39, 0.29) is 11.7 Å². The third-order valence-corrected chi connectivity index (χ3v) is 5.18. The first kappa shape index (κ1) is 13.1. The van der Waals surface area contributed by atoms with E-state index in [9.17, 15) is 9.18 Å². The Kier molecular flexibility index (Phi) is 3.61. The van der Waals surface area contributed by atoms with E-state index in [2.05, 4.69) is 21.2 Å². The maximum atomic E-state index is 13.4. The normalized spacial score (nSPS) is 28.6. The van der Waals surface area contributed by atoms with Crippen LogP contribution in [0.15, 0.2) is 22.7 Å². The predicted octanol–water partition coefficient (Wildman–Crippen LogP) is 4.35. The molecule has 2 saturated carbocycles. The monoisotopic (exact) mass is 325 g/mol. The van der Waals surface area contributed by atoms with E-state index in [0.717, 1.165) is 11.8 Å². The van der Waals surface area contributed by atoms with Gasteiger partial charge in [0.1, 0.15) is 5.82 Å². The van der Waals surface area contributed by atoms with Crippen molar-refractivity contribution in [2.45, 2.75) is 32.1 Å². The molecule has 0 radical (unpaired) electrons. The Bertz CT molecular complexity index is 505. The molecule has 1 N–H and O–H groups in total. The number of nitrogens with one attached hydrogen (secondary N) is 1. The molecule has 0 aliphatic heterocycles. The molecule has 1 aromatic carbocycles.